The molecule has 0 spiro atoms. The molecule has 0 atom stereocenters. The van der Waals surface area contributed by atoms with E-state index in [1.54, 1.807) is 0 Å². The molecule has 1 N–H and O–H groups in total. The van der Waals surface area contributed by atoms with Crippen molar-refractivity contribution in [2.45, 2.75) is 57.5 Å². The predicted molar refractivity (Wildman–Crippen MR) is 79.7 cm³/mol. The molecule has 0 unspecified atom stereocenters. The zero-order chi connectivity index (χ0) is 14.6. The Kier molecular flexibility index (Phi) is 2.92. The average Bonchev–Trinajstić information content (AvgIpc) is 2.77. The Hall–Kier alpha value is -1.32. The Morgan fingerprint density at radius 3 is 2.38 bits per heavy atom. The number of hydrogen-bond acceptors (Lipinski definition) is 1. The highest BCUT2D eigenvalue weighted by Gasteiger charge is 2.52. The molecule has 0 aromatic carbocycles. The van der Waals surface area contributed by atoms with Crippen LogP contribution in [-0.4, -0.2) is 16.0 Å². The van der Waals surface area contributed by atoms with Gasteiger partial charge in [-0.1, -0.05) is 0 Å². The lowest BCUT2D eigenvalue weighted by Crippen LogP contribution is -2.61. The first kappa shape index (κ1) is 13.4. The summed E-state index contributed by atoms with van der Waals surface area (Å²) in [4.78, 5) is 12.8. The van der Waals surface area contributed by atoms with Gasteiger partial charge in [0, 0.05) is 5.54 Å². The van der Waals surface area contributed by atoms with Gasteiger partial charge in [0.05, 0.1) is 13.6 Å². The first-order chi connectivity index (χ1) is 10.1. The summed E-state index contributed by atoms with van der Waals surface area (Å²) in [5.41, 5.74) is 0.0989. The maximum Gasteiger partial charge on any atom is 0.347 e. The van der Waals surface area contributed by atoms with Gasteiger partial charge in [-0.3, -0.25) is 4.79 Å². The fraction of sp³-hybridized carbons (Fsp3) is 0.765. The second kappa shape index (κ2) is 4.59. The van der Waals surface area contributed by atoms with E-state index in [1.165, 1.54) is 38.5 Å². The van der Waals surface area contributed by atoms with Gasteiger partial charge in [0.2, 0.25) is 0 Å². The smallest absolute Gasteiger partial charge is 0.340 e. The van der Waals surface area contributed by atoms with E-state index >= 15 is 0 Å². The summed E-state index contributed by atoms with van der Waals surface area (Å²) in [6.45, 7) is 2.92. The lowest BCUT2D eigenvalue weighted by atomic mass is 9.53. The van der Waals surface area contributed by atoms with Gasteiger partial charge < -0.3 is 5.32 Å². The minimum absolute atomic E-state index is 0.0989. The van der Waals surface area contributed by atoms with Crippen molar-refractivity contribution in [3.05, 3.63) is 18.2 Å². The quantitative estimate of drug-likeness (QED) is 0.849. The van der Waals surface area contributed by atoms with Crippen molar-refractivity contribution in [3.8, 4) is 0 Å². The highest BCUT2D eigenvalue weighted by Crippen LogP contribution is 2.55. The second-order valence-corrected chi connectivity index (χ2v) is 7.67. The Morgan fingerprint density at radius 1 is 1.29 bits per heavy atom. The number of nitrogens with one attached hydrogen (secondary N) is 1. The number of aromatic nitrogens is 2. The van der Waals surface area contributed by atoms with Crippen molar-refractivity contribution in [3.63, 3.8) is 0 Å². The van der Waals surface area contributed by atoms with Gasteiger partial charge >= 0.3 is 11.7 Å². The van der Waals surface area contributed by atoms with Crippen molar-refractivity contribution in [1.82, 2.24) is 9.88 Å². The van der Waals surface area contributed by atoms with Crippen LogP contribution >= 0.6 is 0 Å². The maximum atomic E-state index is 12.8. The van der Waals surface area contributed by atoms with Gasteiger partial charge in [-0.2, -0.15) is 0 Å². The van der Waals surface area contributed by atoms with E-state index in [0.717, 1.165) is 30.1 Å². The normalized spacial score (nSPS) is 37.0. The van der Waals surface area contributed by atoms with E-state index in [2.05, 4.69) is 12.2 Å². The molecule has 0 aliphatic heterocycles. The van der Waals surface area contributed by atoms with Gasteiger partial charge in [-0.15, -0.1) is 0 Å². The molecular formula is C17H26N3O+. The number of aryl methyl sites for hydroxylation is 2. The van der Waals surface area contributed by atoms with Crippen molar-refractivity contribution in [2.24, 2.45) is 24.8 Å². The summed E-state index contributed by atoms with van der Waals surface area (Å²) in [7, 11) is 1.96. The van der Waals surface area contributed by atoms with Crippen molar-refractivity contribution < 1.29 is 9.36 Å². The molecule has 1 heterocycles. The van der Waals surface area contributed by atoms with Gasteiger partial charge in [0.15, 0.2) is 0 Å². The van der Waals surface area contributed by atoms with Crippen LogP contribution in [0.15, 0.2) is 12.4 Å². The topological polar surface area (TPSA) is 37.9 Å². The molecule has 1 amide bonds. The number of hydrogen-bond donors (Lipinski definition) is 1. The second-order valence-electron chi connectivity index (χ2n) is 7.67. The standard InChI is InChI=1S/C17H25N3O/c1-3-20-5-4-19(2)16(20)15(21)18-17-9-12-6-13(10-17)8-14(7-12)11-17/h4-5,12-14H,3,6-11H2,1-2H3/p+1. The number of carbonyl (C=O) groups excluding carboxylic acids is 1. The third-order valence-electron chi connectivity index (χ3n) is 6.04. The van der Waals surface area contributed by atoms with E-state index in [1.807, 2.05) is 28.6 Å². The fourth-order valence-electron chi connectivity index (χ4n) is 5.63. The van der Waals surface area contributed by atoms with E-state index in [-0.39, 0.29) is 11.4 Å². The molecule has 0 radical (unpaired) electrons. The third kappa shape index (κ3) is 2.11. The number of amides is 1. The summed E-state index contributed by atoms with van der Waals surface area (Å²) in [6.07, 6.45) is 11.8. The number of rotatable bonds is 3. The van der Waals surface area contributed by atoms with Crippen LogP contribution in [-0.2, 0) is 13.6 Å². The minimum Gasteiger partial charge on any atom is -0.340 e. The Bertz CT molecular complexity index is 539. The van der Waals surface area contributed by atoms with Crippen LogP contribution < -0.4 is 9.88 Å². The van der Waals surface area contributed by atoms with Crippen LogP contribution in [0, 0.1) is 17.8 Å². The van der Waals surface area contributed by atoms with Crippen molar-refractivity contribution in [1.29, 1.82) is 0 Å². The molecular weight excluding hydrogens is 262 g/mol. The number of nitrogens with zero attached hydrogens (tertiary/aromatic N) is 2. The molecule has 4 nitrogen and oxygen atoms in total. The Labute approximate surface area is 126 Å². The minimum atomic E-state index is 0.0989. The molecule has 4 fully saturated rings. The summed E-state index contributed by atoms with van der Waals surface area (Å²) in [6, 6.07) is 0. The lowest BCUT2D eigenvalue weighted by Gasteiger charge is -2.56. The largest absolute Gasteiger partial charge is 0.347 e. The molecule has 5 rings (SSSR count). The van der Waals surface area contributed by atoms with Gasteiger partial charge in [0.25, 0.3) is 0 Å². The van der Waals surface area contributed by atoms with Crippen LogP contribution in [0.2, 0.25) is 0 Å². The predicted octanol–water partition coefficient (Wildman–Crippen LogP) is 2.03. The fourth-order valence-corrected chi connectivity index (χ4v) is 5.63. The zero-order valence-electron chi connectivity index (χ0n) is 13.1. The molecule has 21 heavy (non-hydrogen) atoms. The van der Waals surface area contributed by atoms with Gasteiger partial charge in [-0.05, 0) is 63.2 Å². The lowest BCUT2D eigenvalue weighted by molar-refractivity contribution is -0.673. The van der Waals surface area contributed by atoms with Crippen molar-refractivity contribution in [2.75, 3.05) is 0 Å². The highest BCUT2D eigenvalue weighted by molar-refractivity contribution is 5.90. The van der Waals surface area contributed by atoms with E-state index in [0.29, 0.717) is 0 Å². The van der Waals surface area contributed by atoms with Gasteiger partial charge in [0.1, 0.15) is 12.4 Å². The molecule has 4 aliphatic carbocycles. The van der Waals surface area contributed by atoms with Crippen LogP contribution in [0.1, 0.15) is 56.1 Å². The monoisotopic (exact) mass is 288 g/mol. The molecule has 1 aromatic rings. The Balaban J connectivity index is 1.58. The molecule has 0 saturated heterocycles. The van der Waals surface area contributed by atoms with Crippen LogP contribution in [0.25, 0.3) is 0 Å². The third-order valence-corrected chi connectivity index (χ3v) is 6.04. The number of carbonyl (C=O) groups is 1. The van der Waals surface area contributed by atoms with Crippen LogP contribution in [0.3, 0.4) is 0 Å². The molecule has 114 valence electrons. The van der Waals surface area contributed by atoms with Crippen molar-refractivity contribution >= 4 is 5.91 Å². The zero-order valence-corrected chi connectivity index (χ0v) is 13.1. The average molecular weight is 288 g/mol. The summed E-state index contributed by atoms with van der Waals surface area (Å²) < 4.78 is 3.98. The summed E-state index contributed by atoms with van der Waals surface area (Å²) >= 11 is 0. The molecule has 4 bridgehead atoms. The molecule has 4 saturated carbocycles. The van der Waals surface area contributed by atoms with E-state index < -0.39 is 0 Å². The van der Waals surface area contributed by atoms with Crippen LogP contribution in [0.4, 0.5) is 0 Å². The SMILES string of the molecule is CCn1cc[n+](C)c1C(=O)NC12CC3CC(CC(C3)C1)C2. The first-order valence-electron chi connectivity index (χ1n) is 8.46. The Morgan fingerprint density at radius 2 is 1.86 bits per heavy atom. The first-order valence-corrected chi connectivity index (χ1v) is 8.46. The summed E-state index contributed by atoms with van der Waals surface area (Å²) in [5, 5.41) is 3.46. The molecule has 1 aromatic heterocycles. The van der Waals surface area contributed by atoms with E-state index in [9.17, 15) is 4.79 Å². The highest BCUT2D eigenvalue weighted by atomic mass is 16.2. The number of imidazole rings is 1. The summed E-state index contributed by atoms with van der Waals surface area (Å²) in [5.74, 6) is 3.49. The molecule has 4 aliphatic rings. The van der Waals surface area contributed by atoms with Crippen LogP contribution in [0.5, 0.6) is 0 Å². The molecule has 4 heteroatoms. The maximum absolute atomic E-state index is 12.8. The van der Waals surface area contributed by atoms with E-state index in [4.69, 9.17) is 0 Å². The van der Waals surface area contributed by atoms with Gasteiger partial charge in [-0.25, -0.2) is 9.13 Å².